The van der Waals surface area contributed by atoms with Crippen molar-refractivity contribution < 1.29 is 9.53 Å². The molecule has 0 atom stereocenters. The van der Waals surface area contributed by atoms with Gasteiger partial charge < -0.3 is 9.64 Å². The third-order valence-corrected chi connectivity index (χ3v) is 3.83. The van der Waals surface area contributed by atoms with Gasteiger partial charge in [0.25, 0.3) is 5.91 Å². The van der Waals surface area contributed by atoms with Gasteiger partial charge in [-0.25, -0.2) is 0 Å². The Morgan fingerprint density at radius 2 is 2.31 bits per heavy atom. The van der Waals surface area contributed by atoms with Crippen molar-refractivity contribution in [1.29, 1.82) is 0 Å². The zero-order valence-electron chi connectivity index (χ0n) is 9.70. The number of likely N-dealkylation sites (N-methyl/N-ethyl adjacent to an activating group) is 1. The van der Waals surface area contributed by atoms with Crippen LogP contribution in [0.5, 0.6) is 0 Å². The highest BCUT2D eigenvalue weighted by atomic mass is 127. The van der Waals surface area contributed by atoms with Crippen molar-refractivity contribution >= 4 is 39.8 Å². The Bertz CT molecular complexity index is 352. The summed E-state index contributed by atoms with van der Waals surface area (Å²) in [5.41, 5.74) is 0.765. The van der Waals surface area contributed by atoms with Gasteiger partial charge in [-0.3, -0.25) is 4.79 Å². The van der Waals surface area contributed by atoms with Gasteiger partial charge in [-0.2, -0.15) is 0 Å². The van der Waals surface area contributed by atoms with Crippen LogP contribution in [0.2, 0.25) is 0 Å². The predicted molar refractivity (Wildman–Crippen MR) is 75.1 cm³/mol. The fraction of sp³-hybridized carbons (Fsp3) is 0.545. The largest absolute Gasteiger partial charge is 0.377 e. The maximum atomic E-state index is 11.9. The number of ether oxygens (including phenoxy) is 1. The van der Waals surface area contributed by atoms with E-state index in [2.05, 4.69) is 22.6 Å². The van der Waals surface area contributed by atoms with Crippen LogP contribution < -0.4 is 0 Å². The van der Waals surface area contributed by atoms with E-state index in [0.717, 1.165) is 8.45 Å². The van der Waals surface area contributed by atoms with Gasteiger partial charge in [0.05, 0.1) is 21.2 Å². The average Bonchev–Trinajstić information content (AvgIpc) is 2.63. The summed E-state index contributed by atoms with van der Waals surface area (Å²) in [6, 6.07) is 1.91. The minimum atomic E-state index is 0.0616. The minimum Gasteiger partial charge on any atom is -0.377 e. The number of halogens is 1. The number of amides is 1. The number of nitrogens with zero attached hydrogens (tertiary/aromatic N) is 1. The fourth-order valence-electron chi connectivity index (χ4n) is 1.17. The van der Waals surface area contributed by atoms with E-state index in [9.17, 15) is 4.79 Å². The molecule has 1 rings (SSSR count). The molecule has 3 nitrogen and oxygen atoms in total. The fourth-order valence-corrected chi connectivity index (χ4v) is 2.49. The van der Waals surface area contributed by atoms with Crippen LogP contribution >= 0.6 is 33.9 Å². The minimum absolute atomic E-state index is 0.0616. The highest BCUT2D eigenvalue weighted by Crippen LogP contribution is 2.17. The molecule has 0 N–H and O–H groups in total. The normalized spacial score (nSPS) is 10.8. The number of hydrogen-bond acceptors (Lipinski definition) is 3. The molecule has 0 aliphatic rings. The average molecular weight is 353 g/mol. The molecule has 1 aromatic rings. The molecule has 5 heteroatoms. The van der Waals surface area contributed by atoms with E-state index in [1.165, 1.54) is 0 Å². The van der Waals surface area contributed by atoms with Crippen molar-refractivity contribution in [3.8, 4) is 0 Å². The molecule has 1 amide bonds. The molecular formula is C11H16INO2S. The highest BCUT2D eigenvalue weighted by Gasteiger charge is 2.12. The van der Waals surface area contributed by atoms with Gasteiger partial charge >= 0.3 is 0 Å². The summed E-state index contributed by atoms with van der Waals surface area (Å²) in [5.74, 6) is 0.0616. The van der Waals surface area contributed by atoms with E-state index < -0.39 is 0 Å². The Hall–Kier alpha value is -0.140. The van der Waals surface area contributed by atoms with Crippen LogP contribution in [-0.2, 0) is 4.74 Å². The highest BCUT2D eigenvalue weighted by molar-refractivity contribution is 14.1. The summed E-state index contributed by atoms with van der Waals surface area (Å²) < 4.78 is 6.54. The van der Waals surface area contributed by atoms with E-state index in [4.69, 9.17) is 4.74 Å². The van der Waals surface area contributed by atoms with Gasteiger partial charge in [-0.05, 0) is 42.5 Å². The van der Waals surface area contributed by atoms with Gasteiger partial charge in [0.1, 0.15) is 0 Å². The van der Waals surface area contributed by atoms with Gasteiger partial charge in [0.15, 0.2) is 0 Å². The Morgan fingerprint density at radius 3 is 2.81 bits per heavy atom. The molecule has 16 heavy (non-hydrogen) atoms. The van der Waals surface area contributed by atoms with Crippen molar-refractivity contribution in [2.75, 3.05) is 20.2 Å². The lowest BCUT2D eigenvalue weighted by molar-refractivity contribution is 0.0532. The lowest BCUT2D eigenvalue weighted by Gasteiger charge is -2.17. The Morgan fingerprint density at radius 1 is 1.62 bits per heavy atom. The molecule has 1 aromatic heterocycles. The summed E-state index contributed by atoms with van der Waals surface area (Å²) >= 11 is 3.80. The molecule has 0 aromatic carbocycles. The summed E-state index contributed by atoms with van der Waals surface area (Å²) in [7, 11) is 1.80. The zero-order chi connectivity index (χ0) is 12.1. The lowest BCUT2D eigenvalue weighted by atomic mass is 10.3. The van der Waals surface area contributed by atoms with E-state index >= 15 is 0 Å². The van der Waals surface area contributed by atoms with Crippen LogP contribution in [0.3, 0.4) is 0 Å². The molecule has 0 aliphatic carbocycles. The first-order valence-corrected chi connectivity index (χ1v) is 7.07. The van der Waals surface area contributed by atoms with Crippen LogP contribution in [0.25, 0.3) is 0 Å². The maximum absolute atomic E-state index is 11.9. The van der Waals surface area contributed by atoms with Gasteiger partial charge in [0, 0.05) is 19.0 Å². The van der Waals surface area contributed by atoms with Crippen molar-refractivity contribution in [2.24, 2.45) is 0 Å². The SMILES string of the molecule is CC(C)OCCN(C)C(=O)c1csc(I)c1. The van der Waals surface area contributed by atoms with Crippen LogP contribution in [-0.4, -0.2) is 37.1 Å². The molecule has 0 saturated carbocycles. The van der Waals surface area contributed by atoms with Crippen molar-refractivity contribution in [1.82, 2.24) is 4.90 Å². The molecule has 90 valence electrons. The first-order valence-electron chi connectivity index (χ1n) is 5.12. The Labute approximate surface area is 114 Å². The Balaban J connectivity index is 2.42. The Kier molecular flexibility index (Phi) is 5.71. The van der Waals surface area contributed by atoms with E-state index in [1.807, 2.05) is 25.3 Å². The number of carbonyl (C=O) groups is 1. The lowest BCUT2D eigenvalue weighted by Crippen LogP contribution is -2.30. The summed E-state index contributed by atoms with van der Waals surface area (Å²) in [6.07, 6.45) is 0.214. The number of carbonyl (C=O) groups excluding carboxylic acids is 1. The third kappa shape index (κ3) is 4.39. The topological polar surface area (TPSA) is 29.5 Å². The zero-order valence-corrected chi connectivity index (χ0v) is 12.7. The second-order valence-electron chi connectivity index (χ2n) is 3.79. The van der Waals surface area contributed by atoms with Crippen LogP contribution in [0.1, 0.15) is 24.2 Å². The monoisotopic (exact) mass is 353 g/mol. The molecule has 0 saturated heterocycles. The van der Waals surface area contributed by atoms with E-state index in [1.54, 1.807) is 23.3 Å². The summed E-state index contributed by atoms with van der Waals surface area (Å²) in [4.78, 5) is 13.6. The van der Waals surface area contributed by atoms with Crippen molar-refractivity contribution in [3.63, 3.8) is 0 Å². The molecule has 0 spiro atoms. The molecule has 0 radical (unpaired) electrons. The summed E-state index contributed by atoms with van der Waals surface area (Å²) in [5, 5.41) is 1.89. The van der Waals surface area contributed by atoms with E-state index in [0.29, 0.717) is 13.2 Å². The maximum Gasteiger partial charge on any atom is 0.254 e. The van der Waals surface area contributed by atoms with E-state index in [-0.39, 0.29) is 12.0 Å². The van der Waals surface area contributed by atoms with Crippen molar-refractivity contribution in [2.45, 2.75) is 20.0 Å². The number of thiophene rings is 1. The molecular weight excluding hydrogens is 337 g/mol. The first kappa shape index (κ1) is 13.9. The van der Waals surface area contributed by atoms with Gasteiger partial charge in [0.2, 0.25) is 0 Å². The second kappa shape index (κ2) is 6.56. The second-order valence-corrected chi connectivity index (χ2v) is 6.59. The quantitative estimate of drug-likeness (QED) is 0.762. The predicted octanol–water partition coefficient (Wildman–Crippen LogP) is 2.85. The van der Waals surface area contributed by atoms with Crippen LogP contribution in [0, 0.1) is 2.88 Å². The third-order valence-electron chi connectivity index (χ3n) is 2.04. The van der Waals surface area contributed by atoms with Crippen molar-refractivity contribution in [3.05, 3.63) is 19.9 Å². The van der Waals surface area contributed by atoms with Crippen LogP contribution in [0.15, 0.2) is 11.4 Å². The standard InChI is InChI=1S/C11H16INO2S/c1-8(2)15-5-4-13(3)11(14)9-6-10(12)16-7-9/h6-8H,4-5H2,1-3H3. The molecule has 0 fully saturated rings. The van der Waals surface area contributed by atoms with Gasteiger partial charge in [-0.15, -0.1) is 11.3 Å². The van der Waals surface area contributed by atoms with Crippen LogP contribution in [0.4, 0.5) is 0 Å². The number of rotatable bonds is 5. The molecule has 0 aliphatic heterocycles. The molecule has 0 bridgehead atoms. The molecule has 0 unspecified atom stereocenters. The first-order chi connectivity index (χ1) is 7.50. The van der Waals surface area contributed by atoms with Gasteiger partial charge in [-0.1, -0.05) is 0 Å². The summed E-state index contributed by atoms with van der Waals surface area (Å²) in [6.45, 7) is 5.19. The number of hydrogen-bond donors (Lipinski definition) is 0. The smallest absolute Gasteiger partial charge is 0.254 e. The molecule has 1 heterocycles.